The monoisotopic (exact) mass is 245 g/mol. The highest BCUT2D eigenvalue weighted by molar-refractivity contribution is 7.86. The Hall–Kier alpha value is -0.900. The average Bonchev–Trinajstić information content (AvgIpc) is 2.27. The molecule has 0 aliphatic heterocycles. The minimum atomic E-state index is -1.06. The first-order valence-corrected chi connectivity index (χ1v) is 6.86. The van der Waals surface area contributed by atoms with E-state index >= 15 is 0 Å². The first kappa shape index (κ1) is 15.1. The Morgan fingerprint density at radius 1 is 1.38 bits per heavy atom. The Kier molecular flexibility index (Phi) is 7.81. The van der Waals surface area contributed by atoms with Gasteiger partial charge < -0.3 is 4.72 Å². The molecule has 1 rings (SSSR count). The van der Waals surface area contributed by atoms with E-state index in [1.54, 1.807) is 19.1 Å². The maximum Gasteiger partial charge on any atom is 0.126 e. The number of halogens is 1. The molecule has 2 nitrogen and oxygen atoms in total. The van der Waals surface area contributed by atoms with Crippen LogP contribution in [0.15, 0.2) is 18.2 Å². The Labute approximate surface area is 99.9 Å². The zero-order chi connectivity index (χ0) is 12.6. The lowest BCUT2D eigenvalue weighted by Gasteiger charge is -2.06. The molecule has 1 unspecified atom stereocenters. The van der Waals surface area contributed by atoms with Crippen molar-refractivity contribution in [1.82, 2.24) is 0 Å². The molecule has 0 heterocycles. The standard InChI is InChI=1S/C10H14FNOS.C2H6/c1-3-6-14(13)12-9-4-5-10(11)8(2)7-9;1-2/h4-5,7,12H,3,6H2,1-2H3;1-2H3. The summed E-state index contributed by atoms with van der Waals surface area (Å²) in [7, 11) is -1.06. The third-order valence-corrected chi connectivity index (χ3v) is 3.02. The molecule has 0 saturated heterocycles. The second kappa shape index (κ2) is 8.28. The van der Waals surface area contributed by atoms with Crippen LogP contribution in [0.1, 0.15) is 32.8 Å². The van der Waals surface area contributed by atoms with Crippen LogP contribution < -0.4 is 4.72 Å². The van der Waals surface area contributed by atoms with Gasteiger partial charge in [-0.05, 0) is 37.1 Å². The Bertz CT molecular complexity index is 342. The van der Waals surface area contributed by atoms with E-state index in [1.165, 1.54) is 6.07 Å². The van der Waals surface area contributed by atoms with Gasteiger partial charge in [0.25, 0.3) is 0 Å². The van der Waals surface area contributed by atoms with Crippen molar-refractivity contribution in [3.05, 3.63) is 29.6 Å². The molecule has 1 aromatic carbocycles. The number of hydrogen-bond acceptors (Lipinski definition) is 1. The summed E-state index contributed by atoms with van der Waals surface area (Å²) in [5.41, 5.74) is 1.26. The predicted octanol–water partition coefficient (Wildman–Crippen LogP) is 3.65. The van der Waals surface area contributed by atoms with Gasteiger partial charge in [0, 0.05) is 11.4 Å². The van der Waals surface area contributed by atoms with Gasteiger partial charge in [-0.25, -0.2) is 8.60 Å². The zero-order valence-electron chi connectivity index (χ0n) is 10.3. The molecule has 1 aromatic rings. The van der Waals surface area contributed by atoms with Crippen molar-refractivity contribution in [2.45, 2.75) is 34.1 Å². The van der Waals surface area contributed by atoms with Gasteiger partial charge in [0.05, 0.1) is 0 Å². The number of hydrogen-bond donors (Lipinski definition) is 1. The van der Waals surface area contributed by atoms with Gasteiger partial charge in [-0.15, -0.1) is 0 Å². The lowest BCUT2D eigenvalue weighted by Crippen LogP contribution is -2.07. The third-order valence-electron chi connectivity index (χ3n) is 1.78. The van der Waals surface area contributed by atoms with E-state index < -0.39 is 11.0 Å². The van der Waals surface area contributed by atoms with Gasteiger partial charge in [-0.3, -0.25) is 0 Å². The summed E-state index contributed by atoms with van der Waals surface area (Å²) >= 11 is 0. The highest BCUT2D eigenvalue weighted by atomic mass is 32.2. The fraction of sp³-hybridized carbons (Fsp3) is 0.500. The van der Waals surface area contributed by atoms with E-state index in [4.69, 9.17) is 0 Å². The van der Waals surface area contributed by atoms with Gasteiger partial charge in [0.2, 0.25) is 0 Å². The van der Waals surface area contributed by atoms with Crippen molar-refractivity contribution in [2.75, 3.05) is 10.5 Å². The minimum absolute atomic E-state index is 0.239. The van der Waals surface area contributed by atoms with E-state index in [0.717, 1.165) is 6.42 Å². The molecule has 0 aliphatic rings. The van der Waals surface area contributed by atoms with Crippen LogP contribution in [-0.2, 0) is 11.0 Å². The van der Waals surface area contributed by atoms with Gasteiger partial charge in [-0.1, -0.05) is 20.8 Å². The van der Waals surface area contributed by atoms with Crippen LogP contribution in [0.3, 0.4) is 0 Å². The fourth-order valence-electron chi connectivity index (χ4n) is 1.08. The summed E-state index contributed by atoms with van der Waals surface area (Å²) in [6.07, 6.45) is 0.861. The molecule has 0 bridgehead atoms. The van der Waals surface area contributed by atoms with Crippen molar-refractivity contribution in [1.29, 1.82) is 0 Å². The van der Waals surface area contributed by atoms with Crippen LogP contribution in [0.5, 0.6) is 0 Å². The molecule has 0 aliphatic carbocycles. The van der Waals surface area contributed by atoms with Gasteiger partial charge >= 0.3 is 0 Å². The zero-order valence-corrected chi connectivity index (χ0v) is 11.2. The predicted molar refractivity (Wildman–Crippen MR) is 69.4 cm³/mol. The van der Waals surface area contributed by atoms with E-state index in [1.807, 2.05) is 20.8 Å². The van der Waals surface area contributed by atoms with Crippen LogP contribution >= 0.6 is 0 Å². The number of benzene rings is 1. The maximum absolute atomic E-state index is 12.9. The van der Waals surface area contributed by atoms with E-state index in [-0.39, 0.29) is 5.82 Å². The van der Waals surface area contributed by atoms with Crippen molar-refractivity contribution in [3.8, 4) is 0 Å². The molecule has 0 spiro atoms. The van der Waals surface area contributed by atoms with E-state index in [2.05, 4.69) is 4.72 Å². The van der Waals surface area contributed by atoms with Crippen LogP contribution in [0.25, 0.3) is 0 Å². The molecule has 1 atom stereocenters. The molecule has 92 valence electrons. The van der Waals surface area contributed by atoms with E-state index in [0.29, 0.717) is 17.0 Å². The number of nitrogens with one attached hydrogen (secondary N) is 1. The summed E-state index contributed by atoms with van der Waals surface area (Å²) in [4.78, 5) is 0. The largest absolute Gasteiger partial charge is 0.305 e. The normalized spacial score (nSPS) is 11.3. The van der Waals surface area contributed by atoms with Crippen molar-refractivity contribution in [3.63, 3.8) is 0 Å². The molecular formula is C12H20FNOS. The molecule has 0 radical (unpaired) electrons. The second-order valence-electron chi connectivity index (χ2n) is 3.12. The van der Waals surface area contributed by atoms with Crippen LogP contribution in [0.4, 0.5) is 10.1 Å². The fourth-order valence-corrected chi connectivity index (χ4v) is 1.94. The van der Waals surface area contributed by atoms with E-state index in [9.17, 15) is 8.60 Å². The lowest BCUT2D eigenvalue weighted by atomic mass is 10.2. The molecule has 16 heavy (non-hydrogen) atoms. The molecule has 0 fully saturated rings. The summed E-state index contributed by atoms with van der Waals surface area (Å²) in [6.45, 7) is 7.65. The Morgan fingerprint density at radius 3 is 2.50 bits per heavy atom. The SMILES string of the molecule is CC.CCCS(=O)Nc1ccc(F)c(C)c1. The van der Waals surface area contributed by atoms with Gasteiger partial charge in [0.15, 0.2) is 0 Å². The Morgan fingerprint density at radius 2 is 2.00 bits per heavy atom. The van der Waals surface area contributed by atoms with Crippen LogP contribution in [0.2, 0.25) is 0 Å². The molecule has 0 saturated carbocycles. The summed E-state index contributed by atoms with van der Waals surface area (Å²) in [6, 6.07) is 4.62. The third kappa shape index (κ3) is 5.26. The average molecular weight is 245 g/mol. The van der Waals surface area contributed by atoms with Crippen molar-refractivity contribution < 1.29 is 8.60 Å². The highest BCUT2D eigenvalue weighted by Crippen LogP contribution is 2.14. The first-order valence-electron chi connectivity index (χ1n) is 5.54. The first-order chi connectivity index (χ1) is 7.63. The topological polar surface area (TPSA) is 29.1 Å². The molecule has 0 aromatic heterocycles. The van der Waals surface area contributed by atoms with Crippen molar-refractivity contribution in [2.24, 2.45) is 0 Å². The number of rotatable bonds is 4. The Balaban J connectivity index is 0.00000106. The number of aryl methyl sites for hydroxylation is 1. The quantitative estimate of drug-likeness (QED) is 0.862. The lowest BCUT2D eigenvalue weighted by molar-refractivity contribution is 0.619. The van der Waals surface area contributed by atoms with Crippen molar-refractivity contribution >= 4 is 16.7 Å². The minimum Gasteiger partial charge on any atom is -0.305 e. The van der Waals surface area contributed by atoms with Gasteiger partial charge in [0.1, 0.15) is 16.8 Å². The summed E-state index contributed by atoms with van der Waals surface area (Å²) in [5.74, 6) is 0.369. The molecule has 0 amide bonds. The second-order valence-corrected chi connectivity index (χ2v) is 4.42. The molecular weight excluding hydrogens is 225 g/mol. The summed E-state index contributed by atoms with van der Waals surface area (Å²) in [5, 5.41) is 0. The molecule has 4 heteroatoms. The molecule has 1 N–H and O–H groups in total. The van der Waals surface area contributed by atoms with Gasteiger partial charge in [-0.2, -0.15) is 0 Å². The van der Waals surface area contributed by atoms with Crippen LogP contribution in [-0.4, -0.2) is 9.96 Å². The smallest absolute Gasteiger partial charge is 0.126 e. The number of anilines is 1. The maximum atomic E-state index is 12.9. The summed E-state index contributed by atoms with van der Waals surface area (Å²) < 4.78 is 27.0. The highest BCUT2D eigenvalue weighted by Gasteiger charge is 2.01. The van der Waals surface area contributed by atoms with Crippen LogP contribution in [0, 0.1) is 12.7 Å².